The summed E-state index contributed by atoms with van der Waals surface area (Å²) in [5, 5.41) is 14.0. The zero-order valence-corrected chi connectivity index (χ0v) is 51.3. The number of phosphoric ester groups is 1. The third-order valence-electron chi connectivity index (χ3n) is 15.2. The van der Waals surface area contributed by atoms with Crippen molar-refractivity contribution in [2.24, 2.45) is 0 Å². The standard InChI is InChI=1S/C65H129N2O6P/c1-6-8-10-12-14-16-18-20-22-24-26-28-29-30-31-32-33-34-35-36-37-38-39-41-43-45-47-49-51-53-55-57-59-65(69)66-63(62-73-74(70,71)72-61-60-67(3,4)5)64(68)58-56-54-52-50-48-46-44-42-40-27-25-23-21-19-17-15-13-11-9-7-2/h30-31,56,58,63-64,68H,6-29,32-55,57,59-62H2,1-5H3,(H-,66,69,70,71)/p+1/b31-30-,58-56+. The summed E-state index contributed by atoms with van der Waals surface area (Å²) in [6.45, 7) is 4.87. The van der Waals surface area contributed by atoms with Gasteiger partial charge in [-0.15, -0.1) is 0 Å². The molecule has 0 fully saturated rings. The molecular formula is C65H130N2O6P+. The molecule has 0 aromatic heterocycles. The summed E-state index contributed by atoms with van der Waals surface area (Å²) in [7, 11) is 1.59. The minimum absolute atomic E-state index is 0.0640. The van der Waals surface area contributed by atoms with E-state index in [2.05, 4.69) is 31.3 Å². The number of nitrogens with one attached hydrogen (secondary N) is 1. The molecule has 3 N–H and O–H groups in total. The number of quaternary nitrogens is 1. The minimum atomic E-state index is -4.35. The summed E-state index contributed by atoms with van der Waals surface area (Å²) < 4.78 is 23.8. The van der Waals surface area contributed by atoms with Crippen LogP contribution in [0.25, 0.3) is 0 Å². The predicted octanol–water partition coefficient (Wildman–Crippen LogP) is 20.3. The van der Waals surface area contributed by atoms with Gasteiger partial charge in [-0.2, -0.15) is 0 Å². The molecule has 0 aromatic carbocycles. The molecular weight excluding hydrogens is 936 g/mol. The zero-order chi connectivity index (χ0) is 54.2. The molecule has 9 heteroatoms. The number of amides is 1. The molecule has 0 radical (unpaired) electrons. The highest BCUT2D eigenvalue weighted by Gasteiger charge is 2.28. The first-order valence-electron chi connectivity index (χ1n) is 32.7. The van der Waals surface area contributed by atoms with Crippen LogP contribution in [0.1, 0.15) is 335 Å². The molecule has 0 aliphatic heterocycles. The molecule has 3 unspecified atom stereocenters. The lowest BCUT2D eigenvalue weighted by Crippen LogP contribution is -2.45. The summed E-state index contributed by atoms with van der Waals surface area (Å²) in [6.07, 6.45) is 73.1. The summed E-state index contributed by atoms with van der Waals surface area (Å²) in [6, 6.07) is -0.845. The van der Waals surface area contributed by atoms with E-state index in [0.717, 1.165) is 32.1 Å². The van der Waals surface area contributed by atoms with Gasteiger partial charge in [0.1, 0.15) is 13.2 Å². The van der Waals surface area contributed by atoms with E-state index in [4.69, 9.17) is 9.05 Å². The fourth-order valence-corrected chi connectivity index (χ4v) is 10.8. The molecule has 0 rings (SSSR count). The van der Waals surface area contributed by atoms with Gasteiger partial charge in [-0.1, -0.05) is 308 Å². The second-order valence-electron chi connectivity index (χ2n) is 23.8. The van der Waals surface area contributed by atoms with Gasteiger partial charge >= 0.3 is 7.82 Å². The molecule has 1 amide bonds. The van der Waals surface area contributed by atoms with E-state index in [-0.39, 0.29) is 19.1 Å². The Labute approximate surface area is 462 Å². The Morgan fingerprint density at radius 2 is 0.730 bits per heavy atom. The Morgan fingerprint density at radius 1 is 0.446 bits per heavy atom. The predicted molar refractivity (Wildman–Crippen MR) is 323 cm³/mol. The molecule has 0 bridgehead atoms. The average Bonchev–Trinajstić information content (AvgIpc) is 3.36. The number of unbranched alkanes of at least 4 members (excludes halogenated alkanes) is 46. The first-order chi connectivity index (χ1) is 36.0. The molecule has 8 nitrogen and oxygen atoms in total. The first kappa shape index (κ1) is 73.0. The molecule has 0 saturated heterocycles. The molecule has 0 aliphatic carbocycles. The van der Waals surface area contributed by atoms with E-state index < -0.39 is 20.0 Å². The van der Waals surface area contributed by atoms with Crippen LogP contribution in [-0.4, -0.2) is 73.4 Å². The normalized spacial score (nSPS) is 13.9. The van der Waals surface area contributed by atoms with Crippen molar-refractivity contribution in [3.63, 3.8) is 0 Å². The van der Waals surface area contributed by atoms with Crippen molar-refractivity contribution in [3.8, 4) is 0 Å². The van der Waals surface area contributed by atoms with Gasteiger partial charge in [-0.25, -0.2) is 4.57 Å². The topological polar surface area (TPSA) is 105 Å². The smallest absolute Gasteiger partial charge is 0.387 e. The van der Waals surface area contributed by atoms with Crippen LogP contribution in [0.15, 0.2) is 24.3 Å². The maximum Gasteiger partial charge on any atom is 0.472 e. The number of likely N-dealkylation sites (N-methyl/N-ethyl adjacent to an activating group) is 1. The Morgan fingerprint density at radius 3 is 1.04 bits per heavy atom. The summed E-state index contributed by atoms with van der Waals surface area (Å²) in [4.78, 5) is 23.4. The van der Waals surface area contributed by atoms with E-state index in [0.29, 0.717) is 17.4 Å². The Hall–Kier alpha value is -1.02. The summed E-state index contributed by atoms with van der Waals surface area (Å²) in [5.41, 5.74) is 0. The second-order valence-corrected chi connectivity index (χ2v) is 25.3. The number of phosphoric acid groups is 1. The van der Waals surface area contributed by atoms with Gasteiger partial charge in [-0.3, -0.25) is 13.8 Å². The number of allylic oxidation sites excluding steroid dienone is 3. The number of aliphatic hydroxyl groups excluding tert-OH is 1. The van der Waals surface area contributed by atoms with Gasteiger partial charge < -0.3 is 19.8 Å². The number of rotatable bonds is 61. The number of aliphatic hydroxyl groups is 1. The van der Waals surface area contributed by atoms with Crippen LogP contribution in [0, 0.1) is 0 Å². The minimum Gasteiger partial charge on any atom is -0.387 e. The van der Waals surface area contributed by atoms with E-state index in [1.165, 1.54) is 283 Å². The molecule has 440 valence electrons. The lowest BCUT2D eigenvalue weighted by molar-refractivity contribution is -0.870. The van der Waals surface area contributed by atoms with Crippen LogP contribution >= 0.6 is 7.82 Å². The highest BCUT2D eigenvalue weighted by Crippen LogP contribution is 2.43. The maximum absolute atomic E-state index is 13.0. The van der Waals surface area contributed by atoms with Crippen LogP contribution in [0.3, 0.4) is 0 Å². The largest absolute Gasteiger partial charge is 0.472 e. The van der Waals surface area contributed by atoms with Gasteiger partial charge in [0.05, 0.1) is 39.9 Å². The van der Waals surface area contributed by atoms with Gasteiger partial charge in [0.25, 0.3) is 0 Å². The number of carbonyl (C=O) groups is 1. The molecule has 0 spiro atoms. The fourth-order valence-electron chi connectivity index (χ4n) is 10.0. The molecule has 0 saturated carbocycles. The van der Waals surface area contributed by atoms with Crippen LogP contribution in [0.2, 0.25) is 0 Å². The number of carbonyl (C=O) groups excluding carboxylic acids is 1. The van der Waals surface area contributed by atoms with Crippen molar-refractivity contribution in [2.45, 2.75) is 347 Å². The molecule has 0 aliphatic rings. The molecule has 0 heterocycles. The second kappa shape index (κ2) is 56.7. The van der Waals surface area contributed by atoms with Gasteiger partial charge in [0.15, 0.2) is 0 Å². The van der Waals surface area contributed by atoms with Gasteiger partial charge in [0, 0.05) is 6.42 Å². The van der Waals surface area contributed by atoms with Crippen LogP contribution in [-0.2, 0) is 18.4 Å². The SMILES string of the molecule is CCCCCCCCCCCCCC/C=C\CCCCCCCCCCCCCCCCCCC(=O)NC(COP(=O)(O)OCC[N+](C)(C)C)C(O)/C=C/CCCCCCCCCCCCCCCCCCCC. The summed E-state index contributed by atoms with van der Waals surface area (Å²) in [5.74, 6) is -0.170. The van der Waals surface area contributed by atoms with E-state index >= 15 is 0 Å². The Kier molecular flexibility index (Phi) is 55.9. The molecule has 74 heavy (non-hydrogen) atoms. The third kappa shape index (κ3) is 58.7. The highest BCUT2D eigenvalue weighted by atomic mass is 31.2. The van der Waals surface area contributed by atoms with Crippen LogP contribution < -0.4 is 5.32 Å². The maximum atomic E-state index is 13.0. The lowest BCUT2D eigenvalue weighted by Gasteiger charge is -2.25. The summed E-state index contributed by atoms with van der Waals surface area (Å²) >= 11 is 0. The number of nitrogens with zero attached hydrogens (tertiary/aromatic N) is 1. The van der Waals surface area contributed by atoms with Crippen molar-refractivity contribution in [1.82, 2.24) is 5.32 Å². The molecule has 0 aromatic rings. The first-order valence-corrected chi connectivity index (χ1v) is 34.2. The van der Waals surface area contributed by atoms with Crippen molar-refractivity contribution >= 4 is 13.7 Å². The quantitative estimate of drug-likeness (QED) is 0.0243. The van der Waals surface area contributed by atoms with E-state index in [1.807, 2.05) is 27.2 Å². The van der Waals surface area contributed by atoms with Crippen molar-refractivity contribution in [3.05, 3.63) is 24.3 Å². The van der Waals surface area contributed by atoms with Crippen molar-refractivity contribution in [1.29, 1.82) is 0 Å². The fraction of sp³-hybridized carbons (Fsp3) is 0.923. The number of hydrogen-bond donors (Lipinski definition) is 3. The Balaban J connectivity index is 4.04. The Bertz CT molecular complexity index is 1260. The average molecular weight is 1070 g/mol. The monoisotopic (exact) mass is 1070 g/mol. The van der Waals surface area contributed by atoms with Crippen LogP contribution in [0.5, 0.6) is 0 Å². The van der Waals surface area contributed by atoms with E-state index in [9.17, 15) is 19.4 Å². The lowest BCUT2D eigenvalue weighted by atomic mass is 10.0. The van der Waals surface area contributed by atoms with E-state index in [1.54, 1.807) is 6.08 Å². The van der Waals surface area contributed by atoms with Crippen molar-refractivity contribution < 1.29 is 32.9 Å². The van der Waals surface area contributed by atoms with Crippen LogP contribution in [0.4, 0.5) is 0 Å². The molecule has 3 atom stereocenters. The third-order valence-corrected chi connectivity index (χ3v) is 16.1. The van der Waals surface area contributed by atoms with Crippen molar-refractivity contribution in [2.75, 3.05) is 40.9 Å². The highest BCUT2D eigenvalue weighted by molar-refractivity contribution is 7.47. The van der Waals surface area contributed by atoms with Gasteiger partial charge in [0.2, 0.25) is 5.91 Å². The zero-order valence-electron chi connectivity index (χ0n) is 50.4. The number of hydrogen-bond acceptors (Lipinski definition) is 5. The van der Waals surface area contributed by atoms with Gasteiger partial charge in [-0.05, 0) is 44.9 Å².